The Bertz CT molecular complexity index is 1260. The van der Waals surface area contributed by atoms with Crippen LogP contribution in [0.1, 0.15) is 33.3 Å². The molecule has 0 radical (unpaired) electrons. The van der Waals surface area contributed by atoms with Crippen LogP contribution in [0.15, 0.2) is 88.1 Å². The third kappa shape index (κ3) is 2.38. The minimum Gasteiger partial charge on any atom is -0.450 e. The lowest BCUT2D eigenvalue weighted by atomic mass is 9.98. The molecule has 0 bridgehead atoms. The number of para-hydroxylation sites is 1. The predicted molar refractivity (Wildman–Crippen MR) is 109 cm³/mol. The minimum atomic E-state index is -0.521. The third-order valence-electron chi connectivity index (χ3n) is 5.21. The summed E-state index contributed by atoms with van der Waals surface area (Å²) in [5.41, 5.74) is 3.38. The number of carbonyl (C=O) groups is 1. The summed E-state index contributed by atoms with van der Waals surface area (Å²) in [4.78, 5) is 28.4. The molecule has 136 valence electrons. The van der Waals surface area contributed by atoms with E-state index in [1.807, 2.05) is 61.5 Å². The van der Waals surface area contributed by atoms with Gasteiger partial charge >= 0.3 is 0 Å². The molecule has 4 heteroatoms. The number of anilines is 1. The topological polar surface area (TPSA) is 50.5 Å². The average molecular weight is 367 g/mol. The van der Waals surface area contributed by atoms with E-state index in [0.717, 1.165) is 16.8 Å². The molecule has 4 aromatic rings. The number of hydrogen-bond donors (Lipinski definition) is 0. The van der Waals surface area contributed by atoms with Crippen LogP contribution in [0, 0.1) is 6.92 Å². The molecule has 1 aromatic heterocycles. The van der Waals surface area contributed by atoms with E-state index in [1.165, 1.54) is 0 Å². The molecule has 1 unspecified atom stereocenters. The molecular weight excluding hydrogens is 350 g/mol. The van der Waals surface area contributed by atoms with Crippen LogP contribution in [0.4, 0.5) is 5.69 Å². The number of benzene rings is 3. The van der Waals surface area contributed by atoms with E-state index in [1.54, 1.807) is 29.2 Å². The quantitative estimate of drug-likeness (QED) is 0.509. The Morgan fingerprint density at radius 2 is 1.50 bits per heavy atom. The van der Waals surface area contributed by atoms with Crippen molar-refractivity contribution in [2.75, 3.05) is 4.90 Å². The van der Waals surface area contributed by atoms with E-state index in [2.05, 4.69) is 0 Å². The highest BCUT2D eigenvalue weighted by atomic mass is 16.3. The summed E-state index contributed by atoms with van der Waals surface area (Å²) in [5, 5.41) is 0.487. The van der Waals surface area contributed by atoms with Gasteiger partial charge in [-0.3, -0.25) is 14.5 Å². The lowest BCUT2D eigenvalue weighted by Crippen LogP contribution is -2.29. The van der Waals surface area contributed by atoms with Gasteiger partial charge in [-0.1, -0.05) is 60.2 Å². The van der Waals surface area contributed by atoms with Crippen molar-refractivity contribution >= 4 is 22.6 Å². The lowest BCUT2D eigenvalue weighted by molar-refractivity contribution is 0.0971. The fourth-order valence-corrected chi connectivity index (χ4v) is 3.84. The molecular formula is C24H17NO3. The van der Waals surface area contributed by atoms with Crippen LogP contribution < -0.4 is 10.3 Å². The second-order valence-corrected chi connectivity index (χ2v) is 6.99. The Labute approximate surface area is 161 Å². The van der Waals surface area contributed by atoms with E-state index >= 15 is 0 Å². The van der Waals surface area contributed by atoms with Crippen molar-refractivity contribution in [3.8, 4) is 0 Å². The summed E-state index contributed by atoms with van der Waals surface area (Å²) in [7, 11) is 0. The van der Waals surface area contributed by atoms with E-state index in [9.17, 15) is 9.59 Å². The fraction of sp³-hybridized carbons (Fsp3) is 0.0833. The van der Waals surface area contributed by atoms with Crippen molar-refractivity contribution < 1.29 is 9.21 Å². The Hall–Kier alpha value is -3.66. The van der Waals surface area contributed by atoms with Crippen LogP contribution in [-0.2, 0) is 0 Å². The Morgan fingerprint density at radius 3 is 2.25 bits per heavy atom. The van der Waals surface area contributed by atoms with Gasteiger partial charge in [-0.25, -0.2) is 0 Å². The van der Waals surface area contributed by atoms with Crippen molar-refractivity contribution in [1.82, 2.24) is 0 Å². The molecule has 0 saturated carbocycles. The van der Waals surface area contributed by atoms with Gasteiger partial charge in [0.2, 0.25) is 5.76 Å². The van der Waals surface area contributed by atoms with Crippen LogP contribution in [-0.4, -0.2) is 5.91 Å². The third-order valence-corrected chi connectivity index (χ3v) is 5.21. The summed E-state index contributed by atoms with van der Waals surface area (Å²) in [6.45, 7) is 2.00. The van der Waals surface area contributed by atoms with Gasteiger partial charge in [-0.05, 0) is 36.8 Å². The molecule has 1 aliphatic rings. The first-order valence-electron chi connectivity index (χ1n) is 9.16. The zero-order valence-corrected chi connectivity index (χ0v) is 15.3. The molecule has 0 spiro atoms. The van der Waals surface area contributed by atoms with Crippen molar-refractivity contribution in [2.45, 2.75) is 13.0 Å². The maximum absolute atomic E-state index is 13.4. The van der Waals surface area contributed by atoms with Gasteiger partial charge in [0.25, 0.3) is 5.91 Å². The van der Waals surface area contributed by atoms with Gasteiger partial charge in [0.1, 0.15) is 5.58 Å². The van der Waals surface area contributed by atoms with Crippen molar-refractivity contribution in [3.63, 3.8) is 0 Å². The van der Waals surface area contributed by atoms with Gasteiger partial charge < -0.3 is 4.42 Å². The van der Waals surface area contributed by atoms with E-state index in [4.69, 9.17) is 4.42 Å². The van der Waals surface area contributed by atoms with Crippen LogP contribution >= 0.6 is 0 Å². The monoisotopic (exact) mass is 367 g/mol. The molecule has 0 aliphatic carbocycles. The number of carbonyl (C=O) groups excluding carboxylic acids is 1. The number of hydrogen-bond acceptors (Lipinski definition) is 3. The molecule has 0 fully saturated rings. The SMILES string of the molecule is Cc1ccc(N2C(=O)c3oc4ccccc4c(=O)c3C2c2ccccc2)cc1. The molecule has 1 amide bonds. The molecule has 1 atom stereocenters. The Kier molecular flexibility index (Phi) is 3.66. The standard InChI is InChI=1S/C24H17NO3/c1-15-11-13-17(14-12-15)25-21(16-7-3-2-4-8-16)20-22(26)18-9-5-6-10-19(18)28-23(20)24(25)27/h2-14,21H,1H3. The smallest absolute Gasteiger partial charge is 0.295 e. The summed E-state index contributed by atoms with van der Waals surface area (Å²) in [6.07, 6.45) is 0. The second-order valence-electron chi connectivity index (χ2n) is 6.99. The summed E-state index contributed by atoms with van der Waals surface area (Å²) in [6, 6.07) is 23.9. The number of fused-ring (bicyclic) bond motifs is 2. The average Bonchev–Trinajstić information content (AvgIpc) is 3.02. The van der Waals surface area contributed by atoms with Gasteiger partial charge in [0.05, 0.1) is 17.0 Å². The van der Waals surface area contributed by atoms with Crippen LogP contribution in [0.3, 0.4) is 0 Å². The van der Waals surface area contributed by atoms with Gasteiger partial charge in [0, 0.05) is 5.69 Å². The van der Waals surface area contributed by atoms with E-state index < -0.39 is 6.04 Å². The fourth-order valence-electron chi connectivity index (χ4n) is 3.84. The van der Waals surface area contributed by atoms with Gasteiger partial charge in [-0.2, -0.15) is 0 Å². The van der Waals surface area contributed by atoms with Gasteiger partial charge in [0.15, 0.2) is 5.43 Å². The maximum atomic E-state index is 13.4. The molecule has 1 aliphatic heterocycles. The molecule has 5 rings (SSSR count). The Balaban J connectivity index is 1.82. The summed E-state index contributed by atoms with van der Waals surface area (Å²) >= 11 is 0. The molecule has 4 nitrogen and oxygen atoms in total. The minimum absolute atomic E-state index is 0.123. The zero-order valence-electron chi connectivity index (χ0n) is 15.3. The highest BCUT2D eigenvalue weighted by Crippen LogP contribution is 2.41. The largest absolute Gasteiger partial charge is 0.450 e. The number of amides is 1. The zero-order chi connectivity index (χ0) is 19.3. The summed E-state index contributed by atoms with van der Waals surface area (Å²) in [5.74, 6) is -0.173. The number of nitrogens with zero attached hydrogens (tertiary/aromatic N) is 1. The van der Waals surface area contributed by atoms with Crippen LogP contribution in [0.5, 0.6) is 0 Å². The van der Waals surface area contributed by atoms with Crippen molar-refractivity contribution in [2.24, 2.45) is 0 Å². The molecule has 3 aromatic carbocycles. The highest BCUT2D eigenvalue weighted by molar-refractivity contribution is 6.10. The van der Waals surface area contributed by atoms with Crippen LogP contribution in [0.2, 0.25) is 0 Å². The second kappa shape index (κ2) is 6.20. The van der Waals surface area contributed by atoms with E-state index in [0.29, 0.717) is 16.5 Å². The first kappa shape index (κ1) is 16.5. The molecule has 2 heterocycles. The van der Waals surface area contributed by atoms with Gasteiger partial charge in [-0.15, -0.1) is 0 Å². The first-order chi connectivity index (χ1) is 13.6. The number of rotatable bonds is 2. The Morgan fingerprint density at radius 1 is 0.821 bits per heavy atom. The molecule has 28 heavy (non-hydrogen) atoms. The summed E-state index contributed by atoms with van der Waals surface area (Å²) < 4.78 is 5.93. The van der Waals surface area contributed by atoms with E-state index in [-0.39, 0.29) is 17.1 Å². The number of aryl methyl sites for hydroxylation is 1. The lowest BCUT2D eigenvalue weighted by Gasteiger charge is -2.25. The highest BCUT2D eigenvalue weighted by Gasteiger charge is 2.43. The van der Waals surface area contributed by atoms with Crippen molar-refractivity contribution in [1.29, 1.82) is 0 Å². The van der Waals surface area contributed by atoms with Crippen LogP contribution in [0.25, 0.3) is 11.0 Å². The first-order valence-corrected chi connectivity index (χ1v) is 9.16. The molecule has 0 N–H and O–H groups in total. The predicted octanol–water partition coefficient (Wildman–Crippen LogP) is 4.85. The maximum Gasteiger partial charge on any atom is 0.295 e. The van der Waals surface area contributed by atoms with Crippen molar-refractivity contribution in [3.05, 3.63) is 112 Å². The molecule has 0 saturated heterocycles. The normalized spacial score (nSPS) is 15.8.